The first-order chi connectivity index (χ1) is 10.9. The third kappa shape index (κ3) is 4.17. The van der Waals surface area contributed by atoms with Crippen LogP contribution < -0.4 is 5.32 Å². The zero-order chi connectivity index (χ0) is 17.0. The van der Waals surface area contributed by atoms with Crippen molar-refractivity contribution in [2.75, 3.05) is 0 Å². The van der Waals surface area contributed by atoms with Crippen LogP contribution in [0.15, 0.2) is 40.8 Å². The summed E-state index contributed by atoms with van der Waals surface area (Å²) in [6.07, 6.45) is 0. The smallest absolute Gasteiger partial charge is 0.320 e. The van der Waals surface area contributed by atoms with Gasteiger partial charge >= 0.3 is 5.97 Å². The number of nitrogens with zero attached hydrogens (tertiary/aromatic N) is 1. The maximum absolute atomic E-state index is 11.1. The van der Waals surface area contributed by atoms with Gasteiger partial charge in [-0.3, -0.25) is 20.2 Å². The van der Waals surface area contributed by atoms with E-state index < -0.39 is 16.9 Å². The van der Waals surface area contributed by atoms with Gasteiger partial charge in [-0.1, -0.05) is 13.8 Å². The molecule has 1 aromatic heterocycles. The Labute approximate surface area is 133 Å². The molecule has 0 amide bonds. The first-order valence-electron chi connectivity index (χ1n) is 7.18. The van der Waals surface area contributed by atoms with Crippen molar-refractivity contribution in [1.82, 2.24) is 5.32 Å². The number of carboxylic acids is 1. The second-order valence-corrected chi connectivity index (χ2v) is 5.51. The number of nitro benzene ring substituents is 1. The van der Waals surface area contributed by atoms with Crippen molar-refractivity contribution in [2.24, 2.45) is 5.92 Å². The summed E-state index contributed by atoms with van der Waals surface area (Å²) < 4.78 is 5.65. The highest BCUT2D eigenvalue weighted by molar-refractivity contribution is 5.73. The molecule has 2 N–H and O–H groups in total. The third-order valence-electron chi connectivity index (χ3n) is 3.45. The number of carboxylic acid groups (broad SMARTS) is 1. The third-order valence-corrected chi connectivity index (χ3v) is 3.45. The molecule has 7 nitrogen and oxygen atoms in total. The van der Waals surface area contributed by atoms with Gasteiger partial charge in [-0.15, -0.1) is 0 Å². The van der Waals surface area contributed by atoms with E-state index in [-0.39, 0.29) is 11.6 Å². The lowest BCUT2D eigenvalue weighted by molar-refractivity contribution is -0.384. The maximum Gasteiger partial charge on any atom is 0.320 e. The molecule has 0 saturated carbocycles. The fraction of sp³-hybridized carbons (Fsp3) is 0.312. The Balaban J connectivity index is 2.05. The summed E-state index contributed by atoms with van der Waals surface area (Å²) in [6.45, 7) is 3.95. The lowest BCUT2D eigenvalue weighted by Gasteiger charge is -2.16. The molecule has 23 heavy (non-hydrogen) atoms. The fourth-order valence-electron chi connectivity index (χ4n) is 2.19. The minimum Gasteiger partial charge on any atom is -0.480 e. The molecular weight excluding hydrogens is 300 g/mol. The highest BCUT2D eigenvalue weighted by Gasteiger charge is 2.21. The van der Waals surface area contributed by atoms with Crippen LogP contribution in [0.2, 0.25) is 0 Å². The Kier molecular flexibility index (Phi) is 5.13. The molecule has 0 aliphatic carbocycles. The lowest BCUT2D eigenvalue weighted by Crippen LogP contribution is -2.40. The molecule has 0 aliphatic rings. The average molecular weight is 318 g/mol. The average Bonchev–Trinajstić information content (AvgIpc) is 2.95. The first-order valence-corrected chi connectivity index (χ1v) is 7.18. The predicted molar refractivity (Wildman–Crippen MR) is 83.9 cm³/mol. The monoisotopic (exact) mass is 318 g/mol. The number of nitrogens with one attached hydrogen (secondary N) is 1. The molecule has 1 aromatic carbocycles. The number of benzene rings is 1. The number of carbonyl (C=O) groups is 1. The predicted octanol–water partition coefficient (Wildman–Crippen LogP) is 3.05. The highest BCUT2D eigenvalue weighted by atomic mass is 16.6. The van der Waals surface area contributed by atoms with Gasteiger partial charge in [0, 0.05) is 17.7 Å². The number of hydrogen-bond acceptors (Lipinski definition) is 5. The van der Waals surface area contributed by atoms with Gasteiger partial charge in [-0.25, -0.2) is 0 Å². The van der Waals surface area contributed by atoms with Crippen molar-refractivity contribution in [3.8, 4) is 11.3 Å². The molecule has 122 valence electrons. The molecule has 2 rings (SSSR count). The van der Waals surface area contributed by atoms with Gasteiger partial charge in [0.2, 0.25) is 0 Å². The molecule has 1 heterocycles. The van der Waals surface area contributed by atoms with Crippen LogP contribution in [0.1, 0.15) is 19.6 Å². The number of non-ortho nitro benzene ring substituents is 1. The summed E-state index contributed by atoms with van der Waals surface area (Å²) in [4.78, 5) is 21.3. The first kappa shape index (κ1) is 16.7. The van der Waals surface area contributed by atoms with E-state index in [2.05, 4.69) is 5.32 Å². The van der Waals surface area contributed by atoms with Crippen molar-refractivity contribution >= 4 is 11.7 Å². The fourth-order valence-corrected chi connectivity index (χ4v) is 2.19. The summed E-state index contributed by atoms with van der Waals surface area (Å²) in [5.74, 6) is 0.233. The van der Waals surface area contributed by atoms with Gasteiger partial charge in [0.1, 0.15) is 17.6 Å². The summed E-state index contributed by atoms with van der Waals surface area (Å²) in [6, 6.07) is 8.91. The standard InChI is InChI=1S/C16H18N2O5/c1-10(2)15(16(19)20)17-9-13-7-8-14(23-13)11-3-5-12(6-4-11)18(21)22/h3-8,10,15,17H,9H2,1-2H3,(H,19,20)/t15-/m0/s1. The van der Waals surface area contributed by atoms with Gasteiger partial charge in [0.05, 0.1) is 11.5 Å². The number of aliphatic carboxylic acids is 1. The lowest BCUT2D eigenvalue weighted by atomic mass is 10.1. The molecule has 0 radical (unpaired) electrons. The molecule has 7 heteroatoms. The second-order valence-electron chi connectivity index (χ2n) is 5.51. The maximum atomic E-state index is 11.1. The number of furan rings is 1. The SMILES string of the molecule is CC(C)[C@H](NCc1ccc(-c2ccc([N+](=O)[O-])cc2)o1)C(=O)O. The van der Waals surface area contributed by atoms with E-state index in [1.165, 1.54) is 12.1 Å². The van der Waals surface area contributed by atoms with Crippen LogP contribution in [0.5, 0.6) is 0 Å². The summed E-state index contributed by atoms with van der Waals surface area (Å²) in [5, 5.41) is 22.7. The second kappa shape index (κ2) is 7.06. The minimum atomic E-state index is -0.901. The van der Waals surface area contributed by atoms with Crippen molar-refractivity contribution in [2.45, 2.75) is 26.4 Å². The summed E-state index contributed by atoms with van der Waals surface area (Å²) in [5.41, 5.74) is 0.740. The van der Waals surface area contributed by atoms with Crippen molar-refractivity contribution in [1.29, 1.82) is 0 Å². The van der Waals surface area contributed by atoms with E-state index in [0.29, 0.717) is 18.1 Å². The van der Waals surface area contributed by atoms with Gasteiger partial charge in [-0.2, -0.15) is 0 Å². The zero-order valence-corrected chi connectivity index (χ0v) is 12.9. The van der Waals surface area contributed by atoms with Crippen LogP contribution in [0, 0.1) is 16.0 Å². The van der Waals surface area contributed by atoms with Gasteiger partial charge in [-0.05, 0) is 30.2 Å². The van der Waals surface area contributed by atoms with Crippen LogP contribution in [-0.2, 0) is 11.3 Å². The van der Waals surface area contributed by atoms with Gasteiger partial charge < -0.3 is 9.52 Å². The van der Waals surface area contributed by atoms with Crippen LogP contribution in [0.3, 0.4) is 0 Å². The number of hydrogen-bond donors (Lipinski definition) is 2. The molecule has 0 bridgehead atoms. The number of nitro groups is 1. The molecule has 0 aliphatic heterocycles. The van der Waals surface area contributed by atoms with E-state index in [0.717, 1.165) is 5.56 Å². The van der Waals surface area contributed by atoms with Crippen LogP contribution in [0.4, 0.5) is 5.69 Å². The largest absolute Gasteiger partial charge is 0.480 e. The summed E-state index contributed by atoms with van der Waals surface area (Å²) in [7, 11) is 0. The molecule has 1 atom stereocenters. The van der Waals surface area contributed by atoms with E-state index >= 15 is 0 Å². The van der Waals surface area contributed by atoms with Crippen molar-refractivity contribution in [3.05, 3.63) is 52.3 Å². The Morgan fingerprint density at radius 3 is 2.43 bits per heavy atom. The topological polar surface area (TPSA) is 106 Å². The molecule has 2 aromatic rings. The molecular formula is C16H18N2O5. The molecule has 0 spiro atoms. The normalized spacial score (nSPS) is 12.3. The van der Waals surface area contributed by atoms with Crippen molar-refractivity contribution in [3.63, 3.8) is 0 Å². The van der Waals surface area contributed by atoms with Crippen LogP contribution in [0.25, 0.3) is 11.3 Å². The Morgan fingerprint density at radius 2 is 1.91 bits per heavy atom. The Hall–Kier alpha value is -2.67. The highest BCUT2D eigenvalue weighted by Crippen LogP contribution is 2.24. The summed E-state index contributed by atoms with van der Waals surface area (Å²) >= 11 is 0. The molecule has 0 unspecified atom stereocenters. The van der Waals surface area contributed by atoms with Crippen LogP contribution >= 0.6 is 0 Å². The quantitative estimate of drug-likeness (QED) is 0.600. The van der Waals surface area contributed by atoms with E-state index in [4.69, 9.17) is 9.52 Å². The molecule has 0 saturated heterocycles. The van der Waals surface area contributed by atoms with Gasteiger partial charge in [0.15, 0.2) is 0 Å². The van der Waals surface area contributed by atoms with E-state index in [9.17, 15) is 14.9 Å². The zero-order valence-electron chi connectivity index (χ0n) is 12.9. The van der Waals surface area contributed by atoms with Crippen LogP contribution in [-0.4, -0.2) is 22.0 Å². The number of rotatable bonds is 7. The minimum absolute atomic E-state index is 0.0171. The van der Waals surface area contributed by atoms with E-state index in [1.807, 2.05) is 13.8 Å². The van der Waals surface area contributed by atoms with Gasteiger partial charge in [0.25, 0.3) is 5.69 Å². The Morgan fingerprint density at radius 1 is 1.26 bits per heavy atom. The molecule has 0 fully saturated rings. The Bertz CT molecular complexity index is 691. The van der Waals surface area contributed by atoms with Crippen molar-refractivity contribution < 1.29 is 19.2 Å². The van der Waals surface area contributed by atoms with E-state index in [1.54, 1.807) is 24.3 Å².